The van der Waals surface area contributed by atoms with Gasteiger partial charge in [0, 0.05) is 12.5 Å². The minimum atomic E-state index is -3.49. The van der Waals surface area contributed by atoms with Crippen LogP contribution in [0.1, 0.15) is 32.1 Å². The van der Waals surface area contributed by atoms with Gasteiger partial charge >= 0.3 is 0 Å². The van der Waals surface area contributed by atoms with Crippen LogP contribution in [0.4, 0.5) is 4.39 Å². The molecule has 0 spiro atoms. The van der Waals surface area contributed by atoms with Crippen molar-refractivity contribution >= 4 is 15.7 Å². The van der Waals surface area contributed by atoms with Gasteiger partial charge in [0.05, 0.1) is 10.6 Å². The molecular weight excluding hydrogens is 293 g/mol. The van der Waals surface area contributed by atoms with Crippen molar-refractivity contribution in [3.63, 3.8) is 0 Å². The minimum Gasteiger partial charge on any atom is -0.356 e. The normalized spacial score (nSPS) is 16.0. The third kappa shape index (κ3) is 4.52. The molecule has 0 unspecified atom stereocenters. The number of hydrogen-bond donors (Lipinski definition) is 1. The Morgan fingerprint density at radius 1 is 1.29 bits per heavy atom. The second-order valence-electron chi connectivity index (χ2n) is 5.40. The average Bonchev–Trinajstić information content (AvgIpc) is 2.97. The number of nitrogens with one attached hydrogen (secondary N) is 1. The largest absolute Gasteiger partial charge is 0.356 e. The Kier molecular flexibility index (Phi) is 5.33. The fourth-order valence-electron chi connectivity index (χ4n) is 2.58. The monoisotopic (exact) mass is 313 g/mol. The third-order valence-corrected chi connectivity index (χ3v) is 5.57. The molecule has 0 atom stereocenters. The van der Waals surface area contributed by atoms with E-state index in [1.165, 1.54) is 18.2 Å². The number of hydrogen-bond acceptors (Lipinski definition) is 3. The molecule has 4 nitrogen and oxygen atoms in total. The molecule has 21 heavy (non-hydrogen) atoms. The molecule has 1 fully saturated rings. The van der Waals surface area contributed by atoms with Crippen LogP contribution in [-0.2, 0) is 14.6 Å². The summed E-state index contributed by atoms with van der Waals surface area (Å²) in [6, 6.07) is 4.99. The molecule has 0 heterocycles. The SMILES string of the molecule is O=C(NCCCS(=O)(=O)c1cccc(F)c1)C1CCCC1. The number of halogens is 1. The van der Waals surface area contributed by atoms with E-state index < -0.39 is 15.7 Å². The van der Waals surface area contributed by atoms with E-state index in [0.29, 0.717) is 13.0 Å². The van der Waals surface area contributed by atoms with Gasteiger partial charge in [-0.2, -0.15) is 0 Å². The van der Waals surface area contributed by atoms with Crippen LogP contribution in [0.5, 0.6) is 0 Å². The molecule has 1 N–H and O–H groups in total. The topological polar surface area (TPSA) is 63.2 Å². The molecule has 0 aromatic heterocycles. The summed E-state index contributed by atoms with van der Waals surface area (Å²) in [5.41, 5.74) is 0. The summed E-state index contributed by atoms with van der Waals surface area (Å²) < 4.78 is 37.1. The molecule has 6 heteroatoms. The summed E-state index contributed by atoms with van der Waals surface area (Å²) >= 11 is 0. The van der Waals surface area contributed by atoms with E-state index in [4.69, 9.17) is 0 Å². The zero-order valence-electron chi connectivity index (χ0n) is 11.8. The Hall–Kier alpha value is -1.43. The Bertz CT molecular complexity index is 595. The van der Waals surface area contributed by atoms with Gasteiger partial charge in [-0.15, -0.1) is 0 Å². The fraction of sp³-hybridized carbons (Fsp3) is 0.533. The Labute approximate surface area is 124 Å². The van der Waals surface area contributed by atoms with Gasteiger partial charge in [0.1, 0.15) is 5.82 Å². The summed E-state index contributed by atoms with van der Waals surface area (Å²) in [6.45, 7) is 0.337. The van der Waals surface area contributed by atoms with Crippen molar-refractivity contribution in [2.24, 2.45) is 5.92 Å². The molecule has 116 valence electrons. The lowest BCUT2D eigenvalue weighted by Crippen LogP contribution is -2.30. The first-order chi connectivity index (χ1) is 9.99. The van der Waals surface area contributed by atoms with Crippen LogP contribution in [0.2, 0.25) is 0 Å². The Morgan fingerprint density at radius 2 is 2.00 bits per heavy atom. The van der Waals surface area contributed by atoms with Crippen LogP contribution >= 0.6 is 0 Å². The third-order valence-electron chi connectivity index (χ3n) is 3.77. The fourth-order valence-corrected chi connectivity index (χ4v) is 3.92. The van der Waals surface area contributed by atoms with Gasteiger partial charge in [0.2, 0.25) is 5.91 Å². The predicted octanol–water partition coefficient (Wildman–Crippen LogP) is 2.30. The number of sulfone groups is 1. The molecule has 1 aromatic rings. The molecule has 1 saturated carbocycles. The van der Waals surface area contributed by atoms with Crippen LogP contribution in [0.15, 0.2) is 29.2 Å². The standard InChI is InChI=1S/C15H20FNO3S/c16-13-7-3-8-14(11-13)21(19,20)10-4-9-17-15(18)12-5-1-2-6-12/h3,7-8,11-12H,1-2,4-6,9-10H2,(H,17,18). The molecule has 1 aliphatic carbocycles. The zero-order chi connectivity index (χ0) is 15.3. The molecular formula is C15H20FNO3S. The van der Waals surface area contributed by atoms with Gasteiger partial charge < -0.3 is 5.32 Å². The second-order valence-corrected chi connectivity index (χ2v) is 7.51. The lowest BCUT2D eigenvalue weighted by Gasteiger charge is -2.10. The number of carbonyl (C=O) groups is 1. The van der Waals surface area contributed by atoms with Crippen LogP contribution < -0.4 is 5.32 Å². The van der Waals surface area contributed by atoms with Crippen molar-refractivity contribution in [3.05, 3.63) is 30.1 Å². The smallest absolute Gasteiger partial charge is 0.223 e. The summed E-state index contributed by atoms with van der Waals surface area (Å²) in [5.74, 6) is -0.549. The summed E-state index contributed by atoms with van der Waals surface area (Å²) in [6.07, 6.45) is 4.36. The van der Waals surface area contributed by atoms with Crippen LogP contribution in [0.3, 0.4) is 0 Å². The predicted molar refractivity (Wildman–Crippen MR) is 78.0 cm³/mol. The number of rotatable bonds is 6. The van der Waals surface area contributed by atoms with Crippen molar-refractivity contribution in [2.75, 3.05) is 12.3 Å². The number of benzene rings is 1. The number of amides is 1. The maximum Gasteiger partial charge on any atom is 0.223 e. The first kappa shape index (κ1) is 15.9. The lowest BCUT2D eigenvalue weighted by molar-refractivity contribution is -0.124. The van der Waals surface area contributed by atoms with E-state index in [-0.39, 0.29) is 22.5 Å². The van der Waals surface area contributed by atoms with Crippen molar-refractivity contribution < 1.29 is 17.6 Å². The molecule has 0 bridgehead atoms. The van der Waals surface area contributed by atoms with Crippen LogP contribution in [0, 0.1) is 11.7 Å². The van der Waals surface area contributed by atoms with Gasteiger partial charge in [-0.3, -0.25) is 4.79 Å². The Morgan fingerprint density at radius 3 is 2.67 bits per heavy atom. The molecule has 0 aliphatic heterocycles. The summed E-state index contributed by atoms with van der Waals surface area (Å²) in [5, 5.41) is 2.78. The molecule has 0 radical (unpaired) electrons. The second kappa shape index (κ2) is 7.02. The highest BCUT2D eigenvalue weighted by Crippen LogP contribution is 2.24. The van der Waals surface area contributed by atoms with E-state index in [9.17, 15) is 17.6 Å². The first-order valence-electron chi connectivity index (χ1n) is 7.25. The molecule has 1 aromatic carbocycles. The van der Waals surface area contributed by atoms with Gasteiger partial charge in [-0.25, -0.2) is 12.8 Å². The highest BCUT2D eigenvalue weighted by atomic mass is 32.2. The molecule has 1 amide bonds. The van der Waals surface area contributed by atoms with Crippen molar-refractivity contribution in [1.82, 2.24) is 5.32 Å². The van der Waals surface area contributed by atoms with Gasteiger partial charge in [-0.1, -0.05) is 18.9 Å². The van der Waals surface area contributed by atoms with Crippen molar-refractivity contribution in [1.29, 1.82) is 0 Å². The van der Waals surface area contributed by atoms with Crippen molar-refractivity contribution in [2.45, 2.75) is 37.0 Å². The summed E-state index contributed by atoms with van der Waals surface area (Å²) in [4.78, 5) is 11.8. The van der Waals surface area contributed by atoms with E-state index in [2.05, 4.69) is 5.32 Å². The molecule has 2 rings (SSSR count). The van der Waals surface area contributed by atoms with Crippen molar-refractivity contribution in [3.8, 4) is 0 Å². The number of carbonyl (C=O) groups excluding carboxylic acids is 1. The van der Waals surface area contributed by atoms with Gasteiger partial charge in [0.15, 0.2) is 9.84 Å². The van der Waals surface area contributed by atoms with Crippen LogP contribution in [0.25, 0.3) is 0 Å². The first-order valence-corrected chi connectivity index (χ1v) is 8.90. The highest BCUT2D eigenvalue weighted by Gasteiger charge is 2.22. The molecule has 0 saturated heterocycles. The van der Waals surface area contributed by atoms with E-state index >= 15 is 0 Å². The van der Waals surface area contributed by atoms with E-state index in [0.717, 1.165) is 31.7 Å². The van der Waals surface area contributed by atoms with Gasteiger partial charge in [0.25, 0.3) is 0 Å². The zero-order valence-corrected chi connectivity index (χ0v) is 12.7. The minimum absolute atomic E-state index is 0.00961. The maximum atomic E-state index is 13.0. The quantitative estimate of drug-likeness (QED) is 0.820. The highest BCUT2D eigenvalue weighted by molar-refractivity contribution is 7.91. The molecule has 1 aliphatic rings. The maximum absolute atomic E-state index is 13.0. The average molecular weight is 313 g/mol. The van der Waals surface area contributed by atoms with E-state index in [1.54, 1.807) is 0 Å². The Balaban J connectivity index is 1.78. The summed E-state index contributed by atoms with van der Waals surface area (Å²) in [7, 11) is -3.49. The van der Waals surface area contributed by atoms with Gasteiger partial charge in [-0.05, 0) is 37.5 Å². The van der Waals surface area contributed by atoms with E-state index in [1.807, 2.05) is 0 Å². The van der Waals surface area contributed by atoms with Crippen LogP contribution in [-0.4, -0.2) is 26.6 Å². The lowest BCUT2D eigenvalue weighted by atomic mass is 10.1.